The lowest BCUT2D eigenvalue weighted by Gasteiger charge is -2.12. The van der Waals surface area contributed by atoms with Gasteiger partial charge in [0.1, 0.15) is 5.82 Å². The van der Waals surface area contributed by atoms with Crippen LogP contribution in [0.2, 0.25) is 0 Å². The van der Waals surface area contributed by atoms with Crippen molar-refractivity contribution in [1.82, 2.24) is 0 Å². The summed E-state index contributed by atoms with van der Waals surface area (Å²) in [4.78, 5) is 23.6. The normalized spacial score (nSPS) is 10.8. The van der Waals surface area contributed by atoms with Crippen LogP contribution in [0.5, 0.6) is 11.5 Å². The van der Waals surface area contributed by atoms with Crippen molar-refractivity contribution >= 4 is 23.6 Å². The molecule has 29 heavy (non-hydrogen) atoms. The zero-order valence-electron chi connectivity index (χ0n) is 16.6. The molecule has 0 radical (unpaired) electrons. The summed E-state index contributed by atoms with van der Waals surface area (Å²) < 4.78 is 28.7. The van der Waals surface area contributed by atoms with E-state index < -0.39 is 24.3 Å². The highest BCUT2D eigenvalue weighted by atomic mass is 19.1. The van der Waals surface area contributed by atoms with Crippen molar-refractivity contribution in [3.63, 3.8) is 0 Å². The summed E-state index contributed by atoms with van der Waals surface area (Å²) in [5.74, 6) is -0.0340. The number of hydrogen-bond donors (Lipinski definition) is 1. The lowest BCUT2D eigenvalue weighted by Crippen LogP contribution is -2.20. The van der Waals surface area contributed by atoms with Crippen molar-refractivity contribution in [2.45, 2.75) is 13.8 Å². The number of carbonyl (C=O) groups is 2. The quantitative estimate of drug-likeness (QED) is 0.507. The molecule has 0 spiro atoms. The Hall–Kier alpha value is -3.35. The fourth-order valence-electron chi connectivity index (χ4n) is 2.24. The molecule has 1 N–H and O–H groups in total. The highest BCUT2D eigenvalue weighted by molar-refractivity contribution is 5.94. The molecule has 154 valence electrons. The maximum atomic E-state index is 12.8. The van der Waals surface area contributed by atoms with Crippen molar-refractivity contribution < 1.29 is 28.2 Å². The number of ether oxygens (including phenoxy) is 3. The first-order valence-corrected chi connectivity index (χ1v) is 9.08. The van der Waals surface area contributed by atoms with Gasteiger partial charge in [-0.15, -0.1) is 0 Å². The minimum atomic E-state index is -0.668. The van der Waals surface area contributed by atoms with Crippen LogP contribution in [0, 0.1) is 11.7 Å². The molecule has 0 aliphatic carbocycles. The average molecular weight is 401 g/mol. The summed E-state index contributed by atoms with van der Waals surface area (Å²) in [6, 6.07) is 10.6. The number of benzene rings is 2. The molecule has 0 fully saturated rings. The van der Waals surface area contributed by atoms with Gasteiger partial charge in [-0.2, -0.15) is 0 Å². The Balaban J connectivity index is 1.86. The minimum absolute atomic E-state index is 0.384. The van der Waals surface area contributed by atoms with Gasteiger partial charge in [0.15, 0.2) is 18.1 Å². The fraction of sp³-hybridized carbons (Fsp3) is 0.273. The largest absolute Gasteiger partial charge is 0.493 e. The van der Waals surface area contributed by atoms with E-state index in [1.54, 1.807) is 31.4 Å². The molecule has 0 saturated carbocycles. The van der Waals surface area contributed by atoms with Crippen LogP contribution >= 0.6 is 0 Å². The van der Waals surface area contributed by atoms with E-state index in [4.69, 9.17) is 14.2 Å². The van der Waals surface area contributed by atoms with Gasteiger partial charge in [0.05, 0.1) is 13.7 Å². The number of amides is 1. The fourth-order valence-corrected chi connectivity index (χ4v) is 2.24. The van der Waals surface area contributed by atoms with Crippen LogP contribution in [0.4, 0.5) is 10.1 Å². The lowest BCUT2D eigenvalue weighted by atomic mass is 10.2. The van der Waals surface area contributed by atoms with Gasteiger partial charge >= 0.3 is 5.97 Å². The predicted octanol–water partition coefficient (Wildman–Crippen LogP) is 4.06. The molecular formula is C22H24FNO5. The van der Waals surface area contributed by atoms with E-state index in [0.29, 0.717) is 35.3 Å². The summed E-state index contributed by atoms with van der Waals surface area (Å²) in [7, 11) is 1.54. The van der Waals surface area contributed by atoms with Crippen LogP contribution in [0.15, 0.2) is 48.5 Å². The summed E-state index contributed by atoms with van der Waals surface area (Å²) in [5.41, 5.74) is 1.13. The number of esters is 1. The van der Waals surface area contributed by atoms with Crippen molar-refractivity contribution in [3.05, 3.63) is 59.9 Å². The monoisotopic (exact) mass is 401 g/mol. The summed E-state index contributed by atoms with van der Waals surface area (Å²) in [5, 5.41) is 2.50. The molecule has 2 aromatic rings. The summed E-state index contributed by atoms with van der Waals surface area (Å²) in [6.07, 6.45) is 2.77. The molecule has 0 aliphatic heterocycles. The first kappa shape index (κ1) is 21.9. The topological polar surface area (TPSA) is 73.9 Å². The highest BCUT2D eigenvalue weighted by Gasteiger charge is 2.08. The van der Waals surface area contributed by atoms with E-state index in [2.05, 4.69) is 19.2 Å². The maximum absolute atomic E-state index is 12.8. The van der Waals surface area contributed by atoms with Crippen molar-refractivity contribution in [3.8, 4) is 11.5 Å². The van der Waals surface area contributed by atoms with Crippen LogP contribution in [-0.2, 0) is 14.3 Å². The van der Waals surface area contributed by atoms with E-state index in [1.807, 2.05) is 0 Å². The third-order valence-corrected chi connectivity index (χ3v) is 3.65. The molecule has 2 rings (SSSR count). The lowest BCUT2D eigenvalue weighted by molar-refractivity contribution is -0.142. The van der Waals surface area contributed by atoms with Gasteiger partial charge in [-0.25, -0.2) is 9.18 Å². The van der Waals surface area contributed by atoms with Gasteiger partial charge in [-0.05, 0) is 54.0 Å². The van der Waals surface area contributed by atoms with E-state index in [1.165, 1.54) is 30.3 Å². The summed E-state index contributed by atoms with van der Waals surface area (Å²) >= 11 is 0. The Bertz CT molecular complexity index is 862. The molecule has 6 nitrogen and oxygen atoms in total. The Kier molecular flexibility index (Phi) is 8.21. The predicted molar refractivity (Wildman–Crippen MR) is 108 cm³/mol. The highest BCUT2D eigenvalue weighted by Crippen LogP contribution is 2.29. The molecule has 0 saturated heterocycles. The number of halogens is 1. The number of hydrogen-bond acceptors (Lipinski definition) is 5. The third-order valence-electron chi connectivity index (χ3n) is 3.65. The zero-order valence-corrected chi connectivity index (χ0v) is 16.6. The van der Waals surface area contributed by atoms with Crippen LogP contribution in [-0.4, -0.2) is 32.2 Å². The number of carbonyl (C=O) groups excluding carboxylic acids is 2. The molecule has 0 heterocycles. The van der Waals surface area contributed by atoms with Gasteiger partial charge < -0.3 is 19.5 Å². The molecular weight excluding hydrogens is 377 g/mol. The molecule has 0 aliphatic rings. The average Bonchev–Trinajstić information content (AvgIpc) is 2.71. The van der Waals surface area contributed by atoms with Crippen LogP contribution in [0.3, 0.4) is 0 Å². The standard InChI is InChI=1S/C22H24FNO5/c1-15(2)13-28-19-10-4-16(12-20(19)27-3)5-11-22(26)29-14-21(25)24-18-8-6-17(23)7-9-18/h4-12,15H,13-14H2,1-3H3,(H,24,25)/b11-5+. The SMILES string of the molecule is COc1cc(/C=C/C(=O)OCC(=O)Nc2ccc(F)cc2)ccc1OCC(C)C. The van der Waals surface area contributed by atoms with Gasteiger partial charge in [0.2, 0.25) is 0 Å². The maximum Gasteiger partial charge on any atom is 0.331 e. The molecule has 0 unspecified atom stereocenters. The molecule has 1 amide bonds. The Morgan fingerprint density at radius 3 is 2.48 bits per heavy atom. The van der Waals surface area contributed by atoms with Gasteiger partial charge in [-0.1, -0.05) is 19.9 Å². The molecule has 0 aromatic heterocycles. The van der Waals surface area contributed by atoms with Gasteiger partial charge in [0, 0.05) is 11.8 Å². The molecule has 2 aromatic carbocycles. The van der Waals surface area contributed by atoms with E-state index in [-0.39, 0.29) is 0 Å². The van der Waals surface area contributed by atoms with E-state index in [0.717, 1.165) is 0 Å². The summed E-state index contributed by atoms with van der Waals surface area (Å²) in [6.45, 7) is 4.22. The number of nitrogens with one attached hydrogen (secondary N) is 1. The van der Waals surface area contributed by atoms with Gasteiger partial charge in [0.25, 0.3) is 5.91 Å². The minimum Gasteiger partial charge on any atom is -0.493 e. The van der Waals surface area contributed by atoms with Crippen molar-refractivity contribution in [2.24, 2.45) is 5.92 Å². The van der Waals surface area contributed by atoms with E-state index in [9.17, 15) is 14.0 Å². The second-order valence-corrected chi connectivity index (χ2v) is 6.61. The Morgan fingerprint density at radius 1 is 1.10 bits per heavy atom. The Morgan fingerprint density at radius 2 is 1.83 bits per heavy atom. The van der Waals surface area contributed by atoms with Crippen LogP contribution in [0.1, 0.15) is 19.4 Å². The first-order chi connectivity index (χ1) is 13.9. The number of methoxy groups -OCH3 is 1. The number of anilines is 1. The van der Waals surface area contributed by atoms with E-state index >= 15 is 0 Å². The first-order valence-electron chi connectivity index (χ1n) is 9.08. The van der Waals surface area contributed by atoms with Crippen molar-refractivity contribution in [1.29, 1.82) is 0 Å². The second-order valence-electron chi connectivity index (χ2n) is 6.61. The Labute approximate surface area is 169 Å². The van der Waals surface area contributed by atoms with Crippen molar-refractivity contribution in [2.75, 3.05) is 25.6 Å². The molecule has 0 atom stereocenters. The molecule has 0 bridgehead atoms. The zero-order chi connectivity index (χ0) is 21.2. The molecule has 7 heteroatoms. The van der Waals surface area contributed by atoms with Gasteiger partial charge in [-0.3, -0.25) is 4.79 Å². The van der Waals surface area contributed by atoms with Crippen LogP contribution < -0.4 is 14.8 Å². The second kappa shape index (κ2) is 10.8. The van der Waals surface area contributed by atoms with Crippen LogP contribution in [0.25, 0.3) is 6.08 Å². The third kappa shape index (κ3) is 7.65. The smallest absolute Gasteiger partial charge is 0.331 e. The number of rotatable bonds is 9.